The molecule has 0 aliphatic rings. The van der Waals surface area contributed by atoms with Crippen molar-refractivity contribution >= 4 is 60.5 Å². The van der Waals surface area contributed by atoms with E-state index in [1.165, 1.54) is 10.1 Å². The first kappa shape index (κ1) is 24.9. The Balaban J connectivity index is 1.39. The number of aromatic nitrogens is 3. The van der Waals surface area contributed by atoms with Gasteiger partial charge in [-0.05, 0) is 70.8 Å². The van der Waals surface area contributed by atoms with Gasteiger partial charge in [-0.15, -0.1) is 11.3 Å². The first-order chi connectivity index (χ1) is 20.7. The van der Waals surface area contributed by atoms with Crippen LogP contribution in [0.5, 0.6) is 0 Å². The summed E-state index contributed by atoms with van der Waals surface area (Å²) in [5, 5.41) is 3.59. The molecule has 8 aromatic rings. The molecule has 0 saturated heterocycles. The molecule has 0 radical (unpaired) electrons. The van der Waals surface area contributed by atoms with Gasteiger partial charge in [0.1, 0.15) is 16.0 Å². The fourth-order valence-electron chi connectivity index (χ4n) is 5.72. The molecule has 0 aliphatic heterocycles. The zero-order chi connectivity index (χ0) is 28.1. The molecule has 0 amide bonds. The second-order valence-corrected chi connectivity index (χ2v) is 14.1. The van der Waals surface area contributed by atoms with Gasteiger partial charge in [-0.1, -0.05) is 78.9 Å². The molecule has 8 rings (SSSR count). The van der Waals surface area contributed by atoms with Gasteiger partial charge < -0.3 is 4.57 Å². The van der Waals surface area contributed by atoms with E-state index in [9.17, 15) is 0 Å². The Hall–Kier alpha value is -4.83. The standard InChI is InChI=1S/C36H24N3OPS/c40-41(29-9-3-1-4-10-29,30-11-5-2-6-12-30)31-22-27(25-17-19-37-20-18-25)21-28(23-31)26-15-16-34-38-35-32-13-7-8-14-33(32)42-36(35)39(34)24-26/h1-24H. The Kier molecular flexibility index (Phi) is 5.88. The SMILES string of the molecule is O=P(c1ccccc1)(c1ccccc1)c1cc(-c2ccncc2)cc(-c2ccc3nc4c5ccccc5sc4n3c2)c1. The molecule has 0 unspecified atom stereocenters. The predicted molar refractivity (Wildman–Crippen MR) is 176 cm³/mol. The largest absolute Gasteiger partial charge is 0.309 e. The normalized spacial score (nSPS) is 11.9. The van der Waals surface area contributed by atoms with Gasteiger partial charge in [0.15, 0.2) is 7.14 Å². The molecule has 4 nitrogen and oxygen atoms in total. The second-order valence-electron chi connectivity index (χ2n) is 10.3. The van der Waals surface area contributed by atoms with E-state index < -0.39 is 7.14 Å². The van der Waals surface area contributed by atoms with Crippen molar-refractivity contribution in [3.63, 3.8) is 0 Å². The average molecular weight is 578 g/mol. The highest BCUT2D eigenvalue weighted by Gasteiger charge is 2.30. The van der Waals surface area contributed by atoms with Crippen LogP contribution in [0.15, 0.2) is 146 Å². The summed E-state index contributed by atoms with van der Waals surface area (Å²) in [4.78, 5) is 10.3. The maximum Gasteiger partial charge on any atom is 0.171 e. The molecule has 42 heavy (non-hydrogen) atoms. The van der Waals surface area contributed by atoms with Crippen LogP contribution in [0, 0.1) is 0 Å². The summed E-state index contributed by atoms with van der Waals surface area (Å²) in [6.45, 7) is 0. The summed E-state index contributed by atoms with van der Waals surface area (Å²) in [5.41, 5.74) is 5.98. The molecular weight excluding hydrogens is 553 g/mol. The molecule has 0 spiro atoms. The fraction of sp³-hybridized carbons (Fsp3) is 0. The summed E-state index contributed by atoms with van der Waals surface area (Å²) >= 11 is 1.75. The lowest BCUT2D eigenvalue weighted by molar-refractivity contribution is 0.592. The van der Waals surface area contributed by atoms with Gasteiger partial charge in [0.05, 0.1) is 0 Å². The Morgan fingerprint density at radius 1 is 0.595 bits per heavy atom. The first-order valence-electron chi connectivity index (χ1n) is 13.8. The van der Waals surface area contributed by atoms with Crippen molar-refractivity contribution in [2.45, 2.75) is 0 Å². The highest BCUT2D eigenvalue weighted by atomic mass is 32.1. The molecule has 200 valence electrons. The number of hydrogen-bond donors (Lipinski definition) is 0. The third kappa shape index (κ3) is 4.01. The van der Waals surface area contributed by atoms with Crippen molar-refractivity contribution in [1.29, 1.82) is 0 Å². The summed E-state index contributed by atoms with van der Waals surface area (Å²) in [6, 6.07) is 42.6. The summed E-state index contributed by atoms with van der Waals surface area (Å²) in [6.07, 6.45) is 5.75. The number of thiophene rings is 1. The Labute approximate surface area is 247 Å². The summed E-state index contributed by atoms with van der Waals surface area (Å²) < 4.78 is 18.8. The van der Waals surface area contributed by atoms with E-state index in [-0.39, 0.29) is 0 Å². The molecule has 0 bridgehead atoms. The molecule has 0 N–H and O–H groups in total. The van der Waals surface area contributed by atoms with Crippen molar-refractivity contribution in [2.24, 2.45) is 0 Å². The van der Waals surface area contributed by atoms with E-state index >= 15 is 4.57 Å². The third-order valence-corrected chi connectivity index (χ3v) is 12.0. The lowest BCUT2D eigenvalue weighted by Gasteiger charge is -2.22. The van der Waals surface area contributed by atoms with Crippen LogP contribution in [-0.2, 0) is 4.57 Å². The first-order valence-corrected chi connectivity index (χ1v) is 16.3. The minimum atomic E-state index is -3.20. The van der Waals surface area contributed by atoms with Crippen molar-refractivity contribution in [3.8, 4) is 22.3 Å². The van der Waals surface area contributed by atoms with Crippen LogP contribution < -0.4 is 15.9 Å². The zero-order valence-corrected chi connectivity index (χ0v) is 24.2. The fourth-order valence-corrected chi connectivity index (χ4v) is 9.56. The van der Waals surface area contributed by atoms with Crippen LogP contribution in [0.4, 0.5) is 0 Å². The molecule has 4 aromatic heterocycles. The van der Waals surface area contributed by atoms with Gasteiger partial charge in [0.2, 0.25) is 0 Å². The molecule has 0 fully saturated rings. The second kappa shape index (κ2) is 9.92. The highest BCUT2D eigenvalue weighted by molar-refractivity contribution is 7.85. The minimum Gasteiger partial charge on any atom is -0.309 e. The van der Waals surface area contributed by atoms with Crippen LogP contribution in [-0.4, -0.2) is 14.4 Å². The summed E-state index contributed by atoms with van der Waals surface area (Å²) in [7, 11) is -3.20. The zero-order valence-electron chi connectivity index (χ0n) is 22.5. The van der Waals surface area contributed by atoms with Crippen LogP contribution in [0.3, 0.4) is 0 Å². The highest BCUT2D eigenvalue weighted by Crippen LogP contribution is 2.44. The number of nitrogens with zero attached hydrogens (tertiary/aromatic N) is 3. The summed E-state index contributed by atoms with van der Waals surface area (Å²) in [5.74, 6) is 0. The van der Waals surface area contributed by atoms with E-state index in [0.29, 0.717) is 0 Å². The Bertz CT molecular complexity index is 2230. The van der Waals surface area contributed by atoms with Crippen LogP contribution in [0.2, 0.25) is 0 Å². The van der Waals surface area contributed by atoms with Crippen molar-refractivity contribution < 1.29 is 4.57 Å². The van der Waals surface area contributed by atoms with Gasteiger partial charge in [-0.25, -0.2) is 4.98 Å². The van der Waals surface area contributed by atoms with Gasteiger partial charge in [-0.2, -0.15) is 0 Å². The van der Waals surface area contributed by atoms with E-state index in [2.05, 4.69) is 70.2 Å². The molecule has 6 heteroatoms. The molecule has 4 aromatic carbocycles. The number of benzene rings is 4. The van der Waals surface area contributed by atoms with Gasteiger partial charge >= 0.3 is 0 Å². The molecular formula is C36H24N3OPS. The van der Waals surface area contributed by atoms with Gasteiger partial charge in [-0.3, -0.25) is 9.38 Å². The number of rotatable bonds is 5. The van der Waals surface area contributed by atoms with E-state index in [0.717, 1.165) is 54.2 Å². The van der Waals surface area contributed by atoms with E-state index in [1.807, 2.05) is 72.8 Å². The Morgan fingerprint density at radius 3 is 1.95 bits per heavy atom. The van der Waals surface area contributed by atoms with Crippen molar-refractivity contribution in [3.05, 3.63) is 146 Å². The molecule has 4 heterocycles. The Morgan fingerprint density at radius 2 is 1.24 bits per heavy atom. The third-order valence-electron chi connectivity index (χ3n) is 7.79. The van der Waals surface area contributed by atoms with E-state index in [1.54, 1.807) is 23.7 Å². The van der Waals surface area contributed by atoms with Crippen molar-refractivity contribution in [2.75, 3.05) is 0 Å². The van der Waals surface area contributed by atoms with Crippen LogP contribution in [0.25, 0.3) is 48.3 Å². The molecule has 0 aliphatic carbocycles. The molecule has 0 atom stereocenters. The van der Waals surface area contributed by atoms with Gasteiger partial charge in [0.25, 0.3) is 0 Å². The maximum atomic E-state index is 15.4. The predicted octanol–water partition coefficient (Wildman–Crippen LogP) is 8.07. The van der Waals surface area contributed by atoms with Gasteiger partial charge in [0, 0.05) is 44.6 Å². The number of hydrogen-bond acceptors (Lipinski definition) is 4. The topological polar surface area (TPSA) is 47.3 Å². The van der Waals surface area contributed by atoms with Crippen LogP contribution in [0.1, 0.15) is 0 Å². The number of pyridine rings is 2. The number of fused-ring (bicyclic) bond motifs is 5. The maximum absolute atomic E-state index is 15.4. The minimum absolute atomic E-state index is 0.793. The monoisotopic (exact) mass is 577 g/mol. The molecule has 0 saturated carbocycles. The smallest absolute Gasteiger partial charge is 0.171 e. The van der Waals surface area contributed by atoms with Crippen LogP contribution >= 0.6 is 18.5 Å². The average Bonchev–Trinajstić information content (AvgIpc) is 3.61. The quantitative estimate of drug-likeness (QED) is 0.194. The van der Waals surface area contributed by atoms with E-state index in [4.69, 9.17) is 4.98 Å². The number of imidazole rings is 1. The van der Waals surface area contributed by atoms with Crippen molar-refractivity contribution in [1.82, 2.24) is 14.4 Å². The lowest BCUT2D eigenvalue weighted by atomic mass is 10.0. The lowest BCUT2D eigenvalue weighted by Crippen LogP contribution is -2.25.